The minimum atomic E-state index is 0.226. The van der Waals surface area contributed by atoms with Gasteiger partial charge in [0.25, 0.3) is 0 Å². The van der Waals surface area contributed by atoms with E-state index in [2.05, 4.69) is 45.7 Å². The summed E-state index contributed by atoms with van der Waals surface area (Å²) in [6, 6.07) is 5.02. The van der Waals surface area contributed by atoms with Gasteiger partial charge in [-0.05, 0) is 50.3 Å². The zero-order chi connectivity index (χ0) is 18.0. The van der Waals surface area contributed by atoms with Gasteiger partial charge in [0.1, 0.15) is 0 Å². The Morgan fingerprint density at radius 1 is 1.08 bits per heavy atom. The van der Waals surface area contributed by atoms with Crippen molar-refractivity contribution in [2.45, 2.75) is 44.8 Å². The topological polar surface area (TPSA) is 31.8 Å². The maximum atomic E-state index is 5.56. The standard InChI is InChI=1S/C21H34N4O/c1-21(2,25-9-11-26-12-10-25)17-24-15-19-3-4-20(24)16-23(14-19)13-18-5-7-22-8-6-18/h5-8,19-20H,3-4,9-17H2,1-2H3/t19-,20+/m0/s1. The van der Waals surface area contributed by atoms with E-state index in [0.717, 1.165) is 38.8 Å². The molecule has 5 heterocycles. The third-order valence-corrected chi connectivity index (χ3v) is 6.52. The highest BCUT2D eigenvalue weighted by atomic mass is 16.5. The number of rotatable bonds is 5. The van der Waals surface area contributed by atoms with Crippen LogP contribution in [0.2, 0.25) is 0 Å². The van der Waals surface area contributed by atoms with Crippen LogP contribution in [0, 0.1) is 5.92 Å². The van der Waals surface area contributed by atoms with E-state index in [9.17, 15) is 0 Å². The Labute approximate surface area is 158 Å². The fourth-order valence-corrected chi connectivity index (χ4v) is 5.11. The predicted molar refractivity (Wildman–Crippen MR) is 104 cm³/mol. The van der Waals surface area contributed by atoms with E-state index >= 15 is 0 Å². The van der Waals surface area contributed by atoms with Crippen LogP contribution in [0.4, 0.5) is 0 Å². The SMILES string of the molecule is CC(C)(CN1C[C@H]2CC[C@@H]1CN(Cc1ccncc1)C2)N1CCOCC1. The molecule has 0 saturated carbocycles. The molecule has 1 aromatic rings. The van der Waals surface area contributed by atoms with Crippen LogP contribution in [-0.2, 0) is 11.3 Å². The van der Waals surface area contributed by atoms with Crippen molar-refractivity contribution in [1.29, 1.82) is 0 Å². The summed E-state index contributed by atoms with van der Waals surface area (Å²) in [6.07, 6.45) is 6.58. The van der Waals surface area contributed by atoms with Gasteiger partial charge in [0.15, 0.2) is 0 Å². The fourth-order valence-electron chi connectivity index (χ4n) is 5.11. The molecule has 2 bridgehead atoms. The van der Waals surface area contributed by atoms with Crippen LogP contribution in [0.1, 0.15) is 32.3 Å². The molecule has 4 aliphatic rings. The summed E-state index contributed by atoms with van der Waals surface area (Å²) in [4.78, 5) is 12.3. The molecule has 5 heteroatoms. The Hall–Kier alpha value is -1.01. The molecule has 0 aliphatic carbocycles. The minimum Gasteiger partial charge on any atom is -0.379 e. The molecule has 0 unspecified atom stereocenters. The van der Waals surface area contributed by atoms with Crippen molar-refractivity contribution in [2.24, 2.45) is 5.92 Å². The Morgan fingerprint density at radius 3 is 2.62 bits per heavy atom. The number of morpholine rings is 1. The Bertz CT molecular complexity index is 573. The van der Waals surface area contributed by atoms with Crippen LogP contribution in [0.15, 0.2) is 24.5 Å². The number of piperidine rings is 1. The Kier molecular flexibility index (Phi) is 5.60. The molecule has 0 N–H and O–H groups in total. The molecular weight excluding hydrogens is 324 g/mol. The summed E-state index contributed by atoms with van der Waals surface area (Å²) in [5.41, 5.74) is 1.62. The van der Waals surface area contributed by atoms with E-state index in [4.69, 9.17) is 4.74 Å². The second-order valence-corrected chi connectivity index (χ2v) is 8.99. The fraction of sp³-hybridized carbons (Fsp3) is 0.762. The second-order valence-electron chi connectivity index (χ2n) is 8.99. The largest absolute Gasteiger partial charge is 0.379 e. The smallest absolute Gasteiger partial charge is 0.0594 e. The van der Waals surface area contributed by atoms with Crippen LogP contribution in [-0.4, -0.2) is 83.7 Å². The number of pyridine rings is 1. The van der Waals surface area contributed by atoms with Gasteiger partial charge in [0.2, 0.25) is 0 Å². The number of hydrogen-bond donors (Lipinski definition) is 0. The van der Waals surface area contributed by atoms with Crippen LogP contribution in [0.5, 0.6) is 0 Å². The van der Waals surface area contributed by atoms with Crippen molar-refractivity contribution >= 4 is 0 Å². The summed E-state index contributed by atoms with van der Waals surface area (Å²) in [6.45, 7) is 14.7. The third kappa shape index (κ3) is 4.28. The lowest BCUT2D eigenvalue weighted by Crippen LogP contribution is -2.58. The van der Waals surface area contributed by atoms with E-state index < -0.39 is 0 Å². The van der Waals surface area contributed by atoms with Crippen LogP contribution in [0.25, 0.3) is 0 Å². The highest BCUT2D eigenvalue weighted by molar-refractivity contribution is 5.10. The highest BCUT2D eigenvalue weighted by Crippen LogP contribution is 2.31. The van der Waals surface area contributed by atoms with Crippen molar-refractivity contribution < 1.29 is 4.74 Å². The van der Waals surface area contributed by atoms with E-state index in [-0.39, 0.29) is 5.54 Å². The van der Waals surface area contributed by atoms with Crippen molar-refractivity contribution in [1.82, 2.24) is 19.7 Å². The Balaban J connectivity index is 1.40. The lowest BCUT2D eigenvalue weighted by atomic mass is 9.92. The summed E-state index contributed by atoms with van der Waals surface area (Å²) < 4.78 is 5.56. The zero-order valence-electron chi connectivity index (χ0n) is 16.4. The first-order valence-electron chi connectivity index (χ1n) is 10.3. The average Bonchev–Trinajstić information content (AvgIpc) is 2.93. The van der Waals surface area contributed by atoms with Crippen molar-refractivity contribution in [3.05, 3.63) is 30.1 Å². The van der Waals surface area contributed by atoms with E-state index in [1.54, 1.807) is 0 Å². The first-order chi connectivity index (χ1) is 12.6. The van der Waals surface area contributed by atoms with Gasteiger partial charge in [0.05, 0.1) is 13.2 Å². The molecule has 5 nitrogen and oxygen atoms in total. The van der Waals surface area contributed by atoms with Crippen LogP contribution < -0.4 is 0 Å². The Morgan fingerprint density at radius 2 is 1.85 bits per heavy atom. The molecule has 5 rings (SSSR count). The normalized spacial score (nSPS) is 29.0. The van der Waals surface area contributed by atoms with Crippen molar-refractivity contribution in [3.63, 3.8) is 0 Å². The molecule has 0 aromatic carbocycles. The molecule has 2 atom stereocenters. The molecule has 4 aliphatic heterocycles. The van der Waals surface area contributed by atoms with Gasteiger partial charge in [-0.1, -0.05) is 0 Å². The first-order valence-corrected chi connectivity index (χ1v) is 10.3. The van der Waals surface area contributed by atoms with Gasteiger partial charge in [-0.25, -0.2) is 0 Å². The summed E-state index contributed by atoms with van der Waals surface area (Å²) in [7, 11) is 0. The number of hydrogen-bond acceptors (Lipinski definition) is 5. The third-order valence-electron chi connectivity index (χ3n) is 6.52. The first kappa shape index (κ1) is 18.4. The van der Waals surface area contributed by atoms with Crippen molar-refractivity contribution in [3.8, 4) is 0 Å². The molecule has 0 radical (unpaired) electrons. The molecule has 1 aromatic heterocycles. The molecule has 4 fully saturated rings. The number of ether oxygens (including phenoxy) is 1. The molecule has 0 spiro atoms. The van der Waals surface area contributed by atoms with Gasteiger partial charge in [-0.2, -0.15) is 0 Å². The number of nitrogens with zero attached hydrogens (tertiary/aromatic N) is 4. The zero-order valence-corrected chi connectivity index (χ0v) is 16.4. The quantitative estimate of drug-likeness (QED) is 0.805. The summed E-state index contributed by atoms with van der Waals surface area (Å²) in [5.74, 6) is 0.816. The lowest BCUT2D eigenvalue weighted by Gasteiger charge is -2.46. The van der Waals surface area contributed by atoms with Crippen molar-refractivity contribution in [2.75, 3.05) is 52.5 Å². The van der Waals surface area contributed by atoms with Crippen LogP contribution >= 0.6 is 0 Å². The lowest BCUT2D eigenvalue weighted by molar-refractivity contribution is -0.0310. The molecular formula is C21H34N4O. The summed E-state index contributed by atoms with van der Waals surface area (Å²) >= 11 is 0. The molecule has 26 heavy (non-hydrogen) atoms. The monoisotopic (exact) mass is 358 g/mol. The van der Waals surface area contributed by atoms with Gasteiger partial charge < -0.3 is 4.74 Å². The van der Waals surface area contributed by atoms with Gasteiger partial charge in [-0.3, -0.25) is 19.7 Å². The second kappa shape index (κ2) is 7.93. The van der Waals surface area contributed by atoms with E-state index in [0.29, 0.717) is 6.04 Å². The predicted octanol–water partition coefficient (Wildman–Crippen LogP) is 2.09. The van der Waals surface area contributed by atoms with Crippen LogP contribution in [0.3, 0.4) is 0 Å². The number of fused-ring (bicyclic) bond motifs is 4. The molecule has 144 valence electrons. The van der Waals surface area contributed by atoms with E-state index in [1.165, 1.54) is 44.6 Å². The number of aromatic nitrogens is 1. The molecule has 4 saturated heterocycles. The molecule has 0 amide bonds. The van der Waals surface area contributed by atoms with Gasteiger partial charge >= 0.3 is 0 Å². The average molecular weight is 359 g/mol. The van der Waals surface area contributed by atoms with E-state index in [1.807, 2.05) is 12.4 Å². The van der Waals surface area contributed by atoms with Gasteiger partial charge in [0, 0.05) is 69.8 Å². The van der Waals surface area contributed by atoms with Gasteiger partial charge in [-0.15, -0.1) is 0 Å². The maximum Gasteiger partial charge on any atom is 0.0594 e. The summed E-state index contributed by atoms with van der Waals surface area (Å²) in [5, 5.41) is 0. The maximum absolute atomic E-state index is 5.56. The highest BCUT2D eigenvalue weighted by Gasteiger charge is 2.38. The minimum absolute atomic E-state index is 0.226.